The van der Waals surface area contributed by atoms with Crippen molar-refractivity contribution < 1.29 is 71.9 Å². The van der Waals surface area contributed by atoms with Gasteiger partial charge >= 0.3 is 5.97 Å². The average molecular weight is 1500 g/mol. The van der Waals surface area contributed by atoms with Gasteiger partial charge in [0.25, 0.3) is 17.7 Å². The smallest absolute Gasteiger partial charge is 0.303 e. The van der Waals surface area contributed by atoms with Gasteiger partial charge in [0, 0.05) is 116 Å². The van der Waals surface area contributed by atoms with Crippen LogP contribution in [0, 0.1) is 34.6 Å². The topological polar surface area (TPSA) is 263 Å². The first kappa shape index (κ1) is 85.5. The Morgan fingerprint density at radius 2 is 0.748 bits per heavy atom. The van der Waals surface area contributed by atoms with E-state index in [1.807, 2.05) is 213 Å². The van der Waals surface area contributed by atoms with Gasteiger partial charge in [-0.2, -0.15) is 0 Å². The number of carbonyl (C=O) groups is 6. The van der Waals surface area contributed by atoms with Crippen LogP contribution in [0.2, 0.25) is 0 Å². The zero-order chi connectivity index (χ0) is 80.5. The number of Topliss-reactive ketones (excluding diaryl/α,β-unsaturated/α-hetero) is 1. The summed E-state index contributed by atoms with van der Waals surface area (Å²) in [4.78, 5) is 75.6. The number of furan rings is 3. The molecule has 0 atom stereocenters. The van der Waals surface area contributed by atoms with Crippen LogP contribution in [0.3, 0.4) is 0 Å². The van der Waals surface area contributed by atoms with Crippen LogP contribution in [0.15, 0.2) is 256 Å². The number of aliphatic carboxylic acids is 1. The fourth-order valence-corrected chi connectivity index (χ4v) is 11.3. The van der Waals surface area contributed by atoms with E-state index in [1.165, 1.54) is 11.6 Å². The normalized spacial score (nSPS) is 10.8. The summed E-state index contributed by atoms with van der Waals surface area (Å²) < 4.78 is 28.1. The Morgan fingerprint density at radius 3 is 1.09 bits per heavy atom. The van der Waals surface area contributed by atoms with E-state index in [2.05, 4.69) is 5.32 Å². The zero-order valence-corrected chi connectivity index (χ0v) is 65.2. The first-order chi connectivity index (χ1) is 53.2. The highest BCUT2D eigenvalue weighted by molar-refractivity contribution is 5.96. The van der Waals surface area contributed by atoms with Gasteiger partial charge < -0.3 is 68.0 Å². The Morgan fingerprint density at radius 1 is 0.414 bits per heavy atom. The number of allylic oxidation sites excluding steroid dienone is 2. The van der Waals surface area contributed by atoms with Crippen LogP contribution in [0.25, 0.3) is 34.0 Å². The molecule has 19 nitrogen and oxygen atoms in total. The maximum atomic E-state index is 13.0. The molecule has 3 heterocycles. The molecule has 0 spiro atoms. The van der Waals surface area contributed by atoms with Crippen LogP contribution in [0.1, 0.15) is 138 Å². The highest BCUT2D eigenvalue weighted by atomic mass is 16.5. The number of ketones is 1. The van der Waals surface area contributed by atoms with E-state index in [9.17, 15) is 39.0 Å². The number of carboxylic acid groups (broad SMARTS) is 1. The van der Waals surface area contributed by atoms with E-state index < -0.39 is 5.97 Å². The number of rotatable bonds is 27. The van der Waals surface area contributed by atoms with Crippen molar-refractivity contribution in [3.8, 4) is 62.7 Å². The molecule has 0 unspecified atom stereocenters. The number of hydrogen-bond donors (Lipinski definition) is 5. The second-order valence-corrected chi connectivity index (χ2v) is 27.2. The molecule has 11 aromatic rings. The second kappa shape index (κ2) is 43.3. The Kier molecular flexibility index (Phi) is 33.4. The number of phenols is 3. The molecule has 11 rings (SSSR count). The summed E-state index contributed by atoms with van der Waals surface area (Å²) in [6.07, 6.45) is 11.3. The van der Waals surface area contributed by atoms with Gasteiger partial charge in [0.1, 0.15) is 65.0 Å². The average Bonchev–Trinajstić information content (AvgIpc) is 1.83. The van der Waals surface area contributed by atoms with Gasteiger partial charge in [-0.05, 0) is 197 Å². The van der Waals surface area contributed by atoms with E-state index in [0.717, 1.165) is 102 Å². The number of amides is 3. The van der Waals surface area contributed by atoms with Crippen molar-refractivity contribution in [1.29, 1.82) is 0 Å². The Balaban J connectivity index is 0.000000206. The molecule has 3 aromatic heterocycles. The third-order valence-corrected chi connectivity index (χ3v) is 17.6. The molecule has 578 valence electrons. The van der Waals surface area contributed by atoms with Crippen LogP contribution >= 0.6 is 0 Å². The Hall–Kier alpha value is -12.7. The number of aryl methyl sites for hydroxylation is 5. The number of hydrogen-bond acceptors (Lipinski definition) is 15. The molecule has 0 saturated carbocycles. The maximum absolute atomic E-state index is 13.0. The molecular weight excluding hydrogens is 1400 g/mol. The number of phenolic OH excluding ortho intramolecular Hbond substituents is 3. The van der Waals surface area contributed by atoms with E-state index in [-0.39, 0.29) is 41.4 Å². The lowest BCUT2D eigenvalue weighted by Gasteiger charge is -2.20. The summed E-state index contributed by atoms with van der Waals surface area (Å²) in [5.41, 5.74) is 16.0. The van der Waals surface area contributed by atoms with Crippen molar-refractivity contribution in [2.24, 2.45) is 0 Å². The molecule has 19 heteroatoms. The molecule has 0 aliphatic carbocycles. The van der Waals surface area contributed by atoms with Gasteiger partial charge in [0.2, 0.25) is 0 Å². The number of ether oxygens (including phenoxy) is 2. The minimum atomic E-state index is -0.812. The third-order valence-electron chi connectivity index (χ3n) is 17.6. The van der Waals surface area contributed by atoms with Crippen LogP contribution in [-0.4, -0.2) is 112 Å². The number of benzene rings is 8. The van der Waals surface area contributed by atoms with Crippen LogP contribution in [-0.2, 0) is 35.8 Å². The molecule has 0 aliphatic heterocycles. The quantitative estimate of drug-likeness (QED) is 0.0237. The molecule has 0 fully saturated rings. The van der Waals surface area contributed by atoms with Gasteiger partial charge in [-0.1, -0.05) is 130 Å². The summed E-state index contributed by atoms with van der Waals surface area (Å²) in [7, 11) is 7.15. The largest absolute Gasteiger partial charge is 0.508 e. The summed E-state index contributed by atoms with van der Waals surface area (Å²) in [6, 6.07) is 61.0. The summed E-state index contributed by atoms with van der Waals surface area (Å²) in [5.74, 6) is 3.50. The number of nitrogens with one attached hydrogen (secondary N) is 1. The minimum absolute atomic E-state index is 0.0422. The van der Waals surface area contributed by atoms with Crippen molar-refractivity contribution in [2.45, 2.75) is 107 Å². The first-order valence-corrected chi connectivity index (χ1v) is 36.3. The summed E-state index contributed by atoms with van der Waals surface area (Å²) in [5, 5.41) is 40.1. The lowest BCUT2D eigenvalue weighted by Crippen LogP contribution is -2.26. The molecule has 0 radical (unpaired) electrons. The SMILES string of the molecule is C/C(=C\COc1ccc(C)cc1CN(C)C(=O)c1ccc(-c2ccco2)cc1)CCC(=O)O.CC(=O)CC/C(C)=C/COc1ccc(C)cc1CN(C)C(=O)c1ccc(-c2ccco2)cc1.CNCc1cc(C)ccc1O.Cc1ccc(O)c(C=O)c1.Cc1ccc(O)c(CN(C)C(=O)c2ccc(-c3ccco3)cc2)c1. The fourth-order valence-electron chi connectivity index (χ4n) is 11.3. The Labute approximate surface area is 650 Å². The predicted molar refractivity (Wildman–Crippen MR) is 434 cm³/mol. The van der Waals surface area contributed by atoms with Crippen LogP contribution < -0.4 is 14.8 Å². The van der Waals surface area contributed by atoms with Gasteiger partial charge in [0.05, 0.1) is 24.4 Å². The molecule has 5 N–H and O–H groups in total. The number of carbonyl (C=O) groups excluding carboxylic acids is 5. The van der Waals surface area contributed by atoms with Crippen molar-refractivity contribution in [3.63, 3.8) is 0 Å². The van der Waals surface area contributed by atoms with Crippen molar-refractivity contribution in [2.75, 3.05) is 41.4 Å². The van der Waals surface area contributed by atoms with Crippen molar-refractivity contribution >= 4 is 35.8 Å². The predicted octanol–water partition coefficient (Wildman–Crippen LogP) is 19.1. The monoisotopic (exact) mass is 1500 g/mol. The highest BCUT2D eigenvalue weighted by Gasteiger charge is 2.19. The van der Waals surface area contributed by atoms with E-state index in [4.69, 9.17) is 32.9 Å². The van der Waals surface area contributed by atoms with Crippen LogP contribution in [0.5, 0.6) is 28.7 Å². The number of aldehydes is 1. The summed E-state index contributed by atoms with van der Waals surface area (Å²) >= 11 is 0. The lowest BCUT2D eigenvalue weighted by atomic mass is 10.1. The second-order valence-electron chi connectivity index (χ2n) is 27.2. The molecule has 111 heavy (non-hydrogen) atoms. The molecule has 3 amide bonds. The van der Waals surface area contributed by atoms with E-state index in [1.54, 1.807) is 110 Å². The third kappa shape index (κ3) is 27.8. The molecule has 0 aliphatic rings. The standard InChI is InChI=1S/C28H31NO4.C27H29NO5.C20H19NO3.C9H13NO.C8H8O2/c1-20(7-9-22(3)30)15-17-33-27-14-8-21(2)18-25(27)19-29(4)28(31)24-12-10-23(11-13-24)26-6-5-16-32-26;1-19(7-13-26(29)30)14-16-33-25-12-6-20(2)17-23(25)18-28(3)27(31)22-10-8-21(9-11-22)24-5-4-15-32-24;1-14-5-10-18(22)17(12-14)13-21(2)20(23)16-8-6-15(7-9-16)19-4-3-11-24-19;1-7-3-4-9(11)8(5-7)6-10-2;1-6-2-3-8(10)7(4-6)5-9/h5-6,8,10-16,18H,7,9,17,19H2,1-4H3;4-6,8-12,14-15,17H,7,13,16,18H2,1-3H3,(H,29,30);3-12,22H,13H2,1-2H3;3-5,10-11H,6H2,1-2H3;2-5,10H,1H3/b20-15+;19-14+;;;. The molecule has 0 bridgehead atoms. The highest BCUT2D eigenvalue weighted by Crippen LogP contribution is 2.29. The zero-order valence-electron chi connectivity index (χ0n) is 65.2. The van der Waals surface area contributed by atoms with E-state index >= 15 is 0 Å². The van der Waals surface area contributed by atoms with Gasteiger partial charge in [-0.25, -0.2) is 0 Å². The maximum Gasteiger partial charge on any atom is 0.303 e. The minimum Gasteiger partial charge on any atom is -0.508 e. The molecule has 0 saturated heterocycles. The van der Waals surface area contributed by atoms with Gasteiger partial charge in [-0.3, -0.25) is 24.0 Å². The van der Waals surface area contributed by atoms with Gasteiger partial charge in [0.15, 0.2) is 6.29 Å². The molecular formula is C92H100N4O15. The number of aromatic hydroxyl groups is 3. The number of nitrogens with zero attached hydrogens (tertiary/aromatic N) is 3. The van der Waals surface area contributed by atoms with Crippen molar-refractivity contribution in [1.82, 2.24) is 20.0 Å². The molecule has 8 aromatic carbocycles. The van der Waals surface area contributed by atoms with Crippen molar-refractivity contribution in [3.05, 3.63) is 315 Å². The van der Waals surface area contributed by atoms with Crippen LogP contribution in [0.4, 0.5) is 0 Å². The summed E-state index contributed by atoms with van der Waals surface area (Å²) in [6.45, 7) is 18.0. The van der Waals surface area contributed by atoms with Gasteiger partial charge in [-0.15, -0.1) is 0 Å². The number of carboxylic acids is 1. The first-order valence-electron chi connectivity index (χ1n) is 36.3. The van der Waals surface area contributed by atoms with E-state index in [0.29, 0.717) is 92.3 Å². The Bertz CT molecular complexity index is 4710. The lowest BCUT2D eigenvalue weighted by molar-refractivity contribution is -0.137. The fraction of sp³-hybridized carbons (Fsp3) is 0.239.